The van der Waals surface area contributed by atoms with E-state index in [1.54, 1.807) is 55.4 Å². The van der Waals surface area contributed by atoms with Crippen molar-refractivity contribution in [2.75, 3.05) is 24.7 Å². The minimum Gasteiger partial charge on any atom is -0.399 e. The Morgan fingerprint density at radius 3 is 2.67 bits per heavy atom. The molecule has 4 nitrogen and oxygen atoms in total. The Morgan fingerprint density at radius 1 is 1.29 bits per heavy atom. The molecule has 0 radical (unpaired) electrons. The molecule has 0 heterocycles. The summed E-state index contributed by atoms with van der Waals surface area (Å²) in [4.78, 5) is 13.7. The molecular formula is C16H18FN3O. The first-order valence-electron chi connectivity index (χ1n) is 6.59. The molecule has 0 fully saturated rings. The van der Waals surface area contributed by atoms with Crippen molar-refractivity contribution in [2.24, 2.45) is 0 Å². The Hall–Kier alpha value is -2.56. The number of nitrogens with two attached hydrogens (primary N) is 1. The van der Waals surface area contributed by atoms with E-state index in [-0.39, 0.29) is 11.7 Å². The molecule has 0 aliphatic heterocycles. The number of halogens is 1. The molecule has 0 saturated heterocycles. The van der Waals surface area contributed by atoms with Gasteiger partial charge in [0.15, 0.2) is 0 Å². The highest BCUT2D eigenvalue weighted by atomic mass is 19.1. The molecule has 3 N–H and O–H groups in total. The number of amides is 1. The summed E-state index contributed by atoms with van der Waals surface area (Å²) in [6.45, 7) is 0.347. The molecule has 0 aromatic heterocycles. The van der Waals surface area contributed by atoms with Crippen LogP contribution in [0.5, 0.6) is 0 Å². The Bertz CT molecular complexity index is 658. The minimum absolute atomic E-state index is 0.203. The molecular weight excluding hydrogens is 269 g/mol. The van der Waals surface area contributed by atoms with Crippen molar-refractivity contribution in [3.63, 3.8) is 0 Å². The first kappa shape index (κ1) is 14.8. The third-order valence-corrected chi connectivity index (χ3v) is 3.27. The predicted molar refractivity (Wildman–Crippen MR) is 82.8 cm³/mol. The Morgan fingerprint density at radius 2 is 2.00 bits per heavy atom. The van der Waals surface area contributed by atoms with Gasteiger partial charge in [0.25, 0.3) is 5.91 Å². The molecule has 2 rings (SSSR count). The van der Waals surface area contributed by atoms with E-state index >= 15 is 0 Å². The minimum atomic E-state index is -0.269. The van der Waals surface area contributed by atoms with Crippen LogP contribution in [0.15, 0.2) is 42.5 Å². The van der Waals surface area contributed by atoms with Gasteiger partial charge in [-0.05, 0) is 24.3 Å². The van der Waals surface area contributed by atoms with Gasteiger partial charge in [0.1, 0.15) is 5.82 Å². The summed E-state index contributed by atoms with van der Waals surface area (Å²) < 4.78 is 13.7. The normalized spacial score (nSPS) is 10.2. The third kappa shape index (κ3) is 3.31. The van der Waals surface area contributed by atoms with Crippen LogP contribution < -0.4 is 16.0 Å². The lowest BCUT2D eigenvalue weighted by molar-refractivity contribution is 0.0963. The number of nitrogens with zero attached hydrogens (tertiary/aromatic N) is 1. The van der Waals surface area contributed by atoms with Crippen LogP contribution in [-0.2, 0) is 6.54 Å². The quantitative estimate of drug-likeness (QED) is 0.849. The zero-order valence-electron chi connectivity index (χ0n) is 12.1. The van der Waals surface area contributed by atoms with Gasteiger partial charge in [0.2, 0.25) is 0 Å². The molecule has 2 aromatic carbocycles. The highest BCUT2D eigenvalue weighted by Crippen LogP contribution is 2.24. The molecule has 0 bridgehead atoms. The number of hydrogen-bond acceptors (Lipinski definition) is 3. The first-order chi connectivity index (χ1) is 10.0. The maximum Gasteiger partial charge on any atom is 0.253 e. The van der Waals surface area contributed by atoms with Gasteiger partial charge >= 0.3 is 0 Å². The summed E-state index contributed by atoms with van der Waals surface area (Å²) in [5.74, 6) is -0.472. The summed E-state index contributed by atoms with van der Waals surface area (Å²) in [6, 6.07) is 11.6. The number of hydrogen-bond donors (Lipinski definition) is 2. The number of benzene rings is 2. The standard InChI is InChI=1S/C16H18FN3O/c1-19-16(21)13-8-7-12(18)9-15(13)20(2)10-11-5-3-4-6-14(11)17/h3-9H,10,18H2,1-2H3,(H,19,21). The van der Waals surface area contributed by atoms with Crippen LogP contribution in [0.4, 0.5) is 15.8 Å². The van der Waals surface area contributed by atoms with E-state index in [4.69, 9.17) is 5.73 Å². The number of anilines is 2. The summed E-state index contributed by atoms with van der Waals surface area (Å²) in [5.41, 5.74) is 8.08. The molecule has 0 aliphatic carbocycles. The Balaban J connectivity index is 2.34. The van der Waals surface area contributed by atoms with Crippen LogP contribution in [0.25, 0.3) is 0 Å². The highest BCUT2D eigenvalue weighted by Gasteiger charge is 2.15. The van der Waals surface area contributed by atoms with Crippen LogP contribution in [-0.4, -0.2) is 20.0 Å². The van der Waals surface area contributed by atoms with E-state index in [1.807, 2.05) is 0 Å². The summed E-state index contributed by atoms with van der Waals surface area (Å²) in [6.07, 6.45) is 0. The smallest absolute Gasteiger partial charge is 0.253 e. The van der Waals surface area contributed by atoms with Gasteiger partial charge in [-0.2, -0.15) is 0 Å². The maximum absolute atomic E-state index is 13.7. The average Bonchev–Trinajstić information content (AvgIpc) is 2.48. The lowest BCUT2D eigenvalue weighted by Crippen LogP contribution is -2.24. The first-order valence-corrected chi connectivity index (χ1v) is 6.59. The van der Waals surface area contributed by atoms with E-state index in [0.717, 1.165) is 0 Å². The SMILES string of the molecule is CNC(=O)c1ccc(N)cc1N(C)Cc1ccccc1F. The van der Waals surface area contributed by atoms with E-state index in [1.165, 1.54) is 6.07 Å². The van der Waals surface area contributed by atoms with Gasteiger partial charge in [0, 0.05) is 31.9 Å². The van der Waals surface area contributed by atoms with Crippen LogP contribution in [0.3, 0.4) is 0 Å². The van der Waals surface area contributed by atoms with Crippen LogP contribution in [0.2, 0.25) is 0 Å². The van der Waals surface area contributed by atoms with Gasteiger partial charge in [-0.25, -0.2) is 4.39 Å². The van der Waals surface area contributed by atoms with Crippen LogP contribution in [0.1, 0.15) is 15.9 Å². The molecule has 1 amide bonds. The number of carbonyl (C=O) groups excluding carboxylic acids is 1. The zero-order chi connectivity index (χ0) is 15.4. The van der Waals surface area contributed by atoms with Crippen molar-refractivity contribution in [3.8, 4) is 0 Å². The average molecular weight is 287 g/mol. The van der Waals surface area contributed by atoms with Gasteiger partial charge < -0.3 is 16.0 Å². The monoisotopic (exact) mass is 287 g/mol. The lowest BCUT2D eigenvalue weighted by atomic mass is 10.1. The van der Waals surface area contributed by atoms with Crippen molar-refractivity contribution in [2.45, 2.75) is 6.54 Å². The molecule has 5 heteroatoms. The fourth-order valence-corrected chi connectivity index (χ4v) is 2.16. The zero-order valence-corrected chi connectivity index (χ0v) is 12.1. The fourth-order valence-electron chi connectivity index (χ4n) is 2.16. The molecule has 0 saturated carbocycles. The Labute approximate surface area is 123 Å². The van der Waals surface area contributed by atoms with E-state index < -0.39 is 0 Å². The van der Waals surface area contributed by atoms with E-state index in [2.05, 4.69) is 5.32 Å². The fraction of sp³-hybridized carbons (Fsp3) is 0.188. The largest absolute Gasteiger partial charge is 0.399 e. The van der Waals surface area contributed by atoms with Crippen molar-refractivity contribution in [1.29, 1.82) is 0 Å². The third-order valence-electron chi connectivity index (χ3n) is 3.27. The van der Waals surface area contributed by atoms with Gasteiger partial charge in [-0.15, -0.1) is 0 Å². The highest BCUT2D eigenvalue weighted by molar-refractivity contribution is 6.00. The topological polar surface area (TPSA) is 58.4 Å². The summed E-state index contributed by atoms with van der Waals surface area (Å²) in [5, 5.41) is 2.59. The van der Waals surface area contributed by atoms with Gasteiger partial charge in [-0.1, -0.05) is 18.2 Å². The number of nitrogen functional groups attached to an aromatic ring is 1. The molecule has 0 unspecified atom stereocenters. The molecule has 2 aromatic rings. The van der Waals surface area contributed by atoms with Crippen LogP contribution in [0, 0.1) is 5.82 Å². The van der Waals surface area contributed by atoms with Crippen molar-refractivity contribution in [1.82, 2.24) is 5.32 Å². The second kappa shape index (κ2) is 6.26. The number of nitrogens with one attached hydrogen (secondary N) is 1. The van der Waals surface area contributed by atoms with Crippen LogP contribution >= 0.6 is 0 Å². The molecule has 0 spiro atoms. The molecule has 0 atom stereocenters. The van der Waals surface area contributed by atoms with Crippen molar-refractivity contribution >= 4 is 17.3 Å². The number of carbonyl (C=O) groups is 1. The van der Waals surface area contributed by atoms with Crippen molar-refractivity contribution in [3.05, 3.63) is 59.4 Å². The molecule has 0 aliphatic rings. The number of rotatable bonds is 4. The molecule has 110 valence electrons. The maximum atomic E-state index is 13.7. The van der Waals surface area contributed by atoms with E-state index in [0.29, 0.717) is 29.0 Å². The summed E-state index contributed by atoms with van der Waals surface area (Å²) >= 11 is 0. The lowest BCUT2D eigenvalue weighted by Gasteiger charge is -2.22. The van der Waals surface area contributed by atoms with Crippen molar-refractivity contribution < 1.29 is 9.18 Å². The predicted octanol–water partition coefficient (Wildman–Crippen LogP) is 2.40. The van der Waals surface area contributed by atoms with E-state index in [9.17, 15) is 9.18 Å². The second-order valence-electron chi connectivity index (χ2n) is 4.80. The van der Waals surface area contributed by atoms with Gasteiger partial charge in [0.05, 0.1) is 11.3 Å². The molecule has 21 heavy (non-hydrogen) atoms. The summed E-state index contributed by atoms with van der Waals surface area (Å²) in [7, 11) is 3.37. The van der Waals surface area contributed by atoms with Gasteiger partial charge in [-0.3, -0.25) is 4.79 Å². The Kier molecular flexibility index (Phi) is 4.42. The second-order valence-corrected chi connectivity index (χ2v) is 4.80.